The molecule has 0 spiro atoms. The lowest BCUT2D eigenvalue weighted by Gasteiger charge is -2.00. The van der Waals surface area contributed by atoms with E-state index in [-0.39, 0.29) is 0 Å². The van der Waals surface area contributed by atoms with Crippen LogP contribution in [0.4, 0.5) is 0 Å². The Bertz CT molecular complexity index is 402. The number of esters is 1. The van der Waals surface area contributed by atoms with E-state index < -0.39 is 5.97 Å². The summed E-state index contributed by atoms with van der Waals surface area (Å²) in [4.78, 5) is 10.8. The van der Waals surface area contributed by atoms with Crippen LogP contribution in [0.25, 0.3) is 0 Å². The third-order valence-corrected chi connectivity index (χ3v) is 1.92. The monoisotopic (exact) mass is 203 g/mol. The van der Waals surface area contributed by atoms with E-state index in [1.165, 1.54) is 7.11 Å². The van der Waals surface area contributed by atoms with E-state index >= 15 is 0 Å². The van der Waals surface area contributed by atoms with Crippen LogP contribution in [0.15, 0.2) is 24.3 Å². The maximum absolute atomic E-state index is 10.8. The average molecular weight is 203 g/mol. The number of ether oxygens (including phenoxy) is 1. The molecule has 1 aromatic carbocycles. The van der Waals surface area contributed by atoms with Crippen molar-refractivity contribution in [3.63, 3.8) is 0 Å². The number of benzene rings is 1. The Balaban J connectivity index is 2.91. The van der Waals surface area contributed by atoms with Crippen LogP contribution in [0, 0.1) is 11.8 Å². The Labute approximate surface area is 89.2 Å². The lowest BCUT2D eigenvalue weighted by molar-refractivity contribution is -0.133. The fourth-order valence-electron chi connectivity index (χ4n) is 1.19. The fraction of sp³-hybridized carbons (Fsp3) is 0.250. The van der Waals surface area contributed by atoms with Crippen LogP contribution in [-0.4, -0.2) is 19.6 Å². The molecular weight excluding hydrogens is 190 g/mol. The van der Waals surface area contributed by atoms with E-state index in [4.69, 9.17) is 5.73 Å². The number of hydrogen-bond donors (Lipinski definition) is 1. The lowest BCUT2D eigenvalue weighted by Crippen LogP contribution is -2.04. The minimum atomic E-state index is -0.530. The summed E-state index contributed by atoms with van der Waals surface area (Å²) in [5, 5.41) is 0. The molecule has 0 saturated carbocycles. The average Bonchev–Trinajstić information content (AvgIpc) is 2.28. The van der Waals surface area contributed by atoms with Gasteiger partial charge in [0.2, 0.25) is 0 Å². The van der Waals surface area contributed by atoms with E-state index in [9.17, 15) is 4.79 Å². The number of rotatable bonds is 2. The molecule has 0 radical (unpaired) electrons. The van der Waals surface area contributed by atoms with E-state index in [1.54, 1.807) is 0 Å². The summed E-state index contributed by atoms with van der Waals surface area (Å²) in [5.41, 5.74) is 7.35. The molecule has 3 nitrogen and oxygen atoms in total. The van der Waals surface area contributed by atoms with Crippen molar-refractivity contribution in [1.82, 2.24) is 0 Å². The summed E-state index contributed by atoms with van der Waals surface area (Å²) >= 11 is 0. The fourth-order valence-corrected chi connectivity index (χ4v) is 1.19. The van der Waals surface area contributed by atoms with Gasteiger partial charge in [-0.3, -0.25) is 0 Å². The van der Waals surface area contributed by atoms with Crippen LogP contribution in [0.3, 0.4) is 0 Å². The lowest BCUT2D eigenvalue weighted by atomic mass is 10.1. The van der Waals surface area contributed by atoms with Crippen LogP contribution in [-0.2, 0) is 16.0 Å². The van der Waals surface area contributed by atoms with Crippen molar-refractivity contribution < 1.29 is 9.53 Å². The smallest absolute Gasteiger partial charge is 0.384 e. The molecule has 0 aromatic heterocycles. The molecular formula is C12H13NO2. The third-order valence-electron chi connectivity index (χ3n) is 1.92. The van der Waals surface area contributed by atoms with Gasteiger partial charge < -0.3 is 10.5 Å². The highest BCUT2D eigenvalue weighted by Crippen LogP contribution is 2.07. The Hall–Kier alpha value is -1.79. The second-order valence-electron chi connectivity index (χ2n) is 2.94. The molecule has 15 heavy (non-hydrogen) atoms. The molecule has 0 heterocycles. The molecule has 0 aliphatic rings. The molecule has 0 saturated heterocycles. The highest BCUT2D eigenvalue weighted by atomic mass is 16.5. The van der Waals surface area contributed by atoms with E-state index in [2.05, 4.69) is 16.6 Å². The molecule has 0 fully saturated rings. The van der Waals surface area contributed by atoms with Crippen LogP contribution in [0.5, 0.6) is 0 Å². The molecule has 0 amide bonds. The quantitative estimate of drug-likeness (QED) is 0.569. The van der Waals surface area contributed by atoms with Gasteiger partial charge in [-0.1, -0.05) is 24.1 Å². The zero-order valence-corrected chi connectivity index (χ0v) is 8.62. The highest BCUT2D eigenvalue weighted by Gasteiger charge is 1.97. The van der Waals surface area contributed by atoms with Gasteiger partial charge in [-0.2, -0.15) is 0 Å². The minimum absolute atomic E-state index is 0.530. The van der Waals surface area contributed by atoms with Crippen molar-refractivity contribution in [2.24, 2.45) is 5.73 Å². The van der Waals surface area contributed by atoms with Crippen LogP contribution < -0.4 is 5.73 Å². The summed E-state index contributed by atoms with van der Waals surface area (Å²) in [7, 11) is 1.31. The Morgan fingerprint density at radius 1 is 1.47 bits per heavy atom. The predicted octanol–water partition coefficient (Wildman–Crippen LogP) is 0.712. The summed E-state index contributed by atoms with van der Waals surface area (Å²) in [6.45, 7) is 0.566. The van der Waals surface area contributed by atoms with Gasteiger partial charge in [0.25, 0.3) is 0 Å². The van der Waals surface area contributed by atoms with Crippen molar-refractivity contribution in [3.8, 4) is 11.8 Å². The van der Waals surface area contributed by atoms with E-state index in [0.29, 0.717) is 6.54 Å². The Morgan fingerprint density at radius 2 is 2.20 bits per heavy atom. The standard InChI is InChI=1S/C12H13NO2/c1-15-12(14)7-6-10-4-2-3-5-11(10)8-9-13/h2-5H,8-9,13H2,1H3. The van der Waals surface area contributed by atoms with Crippen molar-refractivity contribution in [3.05, 3.63) is 35.4 Å². The van der Waals surface area contributed by atoms with Crippen LogP contribution in [0.2, 0.25) is 0 Å². The third kappa shape index (κ3) is 3.45. The van der Waals surface area contributed by atoms with Crippen molar-refractivity contribution in [1.29, 1.82) is 0 Å². The highest BCUT2D eigenvalue weighted by molar-refractivity contribution is 5.89. The van der Waals surface area contributed by atoms with Gasteiger partial charge in [0, 0.05) is 11.5 Å². The first kappa shape index (κ1) is 11.3. The largest absolute Gasteiger partial charge is 0.459 e. The van der Waals surface area contributed by atoms with Gasteiger partial charge in [-0.05, 0) is 24.6 Å². The topological polar surface area (TPSA) is 52.3 Å². The number of hydrogen-bond acceptors (Lipinski definition) is 3. The normalized spacial score (nSPS) is 8.93. The molecule has 78 valence electrons. The maximum Gasteiger partial charge on any atom is 0.384 e. The minimum Gasteiger partial charge on any atom is -0.459 e. The summed E-state index contributed by atoms with van der Waals surface area (Å²) < 4.78 is 4.43. The molecule has 1 rings (SSSR count). The first-order valence-electron chi connectivity index (χ1n) is 4.66. The molecule has 0 atom stereocenters. The molecule has 0 aliphatic carbocycles. The number of carbonyl (C=O) groups is 1. The molecule has 0 aliphatic heterocycles. The SMILES string of the molecule is COC(=O)C#Cc1ccccc1CCN. The summed E-state index contributed by atoms with van der Waals surface area (Å²) in [6.07, 6.45) is 0.756. The predicted molar refractivity (Wildman–Crippen MR) is 58.1 cm³/mol. The molecule has 1 aromatic rings. The zero-order chi connectivity index (χ0) is 11.1. The Kier molecular flexibility index (Phi) is 4.39. The first-order chi connectivity index (χ1) is 7.27. The second kappa shape index (κ2) is 5.84. The van der Waals surface area contributed by atoms with Gasteiger partial charge in [-0.15, -0.1) is 0 Å². The molecule has 3 heteroatoms. The summed E-state index contributed by atoms with van der Waals surface area (Å²) in [6, 6.07) is 7.62. The summed E-state index contributed by atoms with van der Waals surface area (Å²) in [5.74, 6) is 4.63. The van der Waals surface area contributed by atoms with E-state index in [0.717, 1.165) is 17.5 Å². The van der Waals surface area contributed by atoms with Gasteiger partial charge in [0.15, 0.2) is 0 Å². The molecule has 0 bridgehead atoms. The van der Waals surface area contributed by atoms with Gasteiger partial charge in [-0.25, -0.2) is 4.79 Å². The molecule has 2 N–H and O–H groups in total. The van der Waals surface area contributed by atoms with Gasteiger partial charge in [0.05, 0.1) is 7.11 Å². The number of nitrogens with two attached hydrogens (primary N) is 1. The van der Waals surface area contributed by atoms with Gasteiger partial charge >= 0.3 is 5.97 Å². The van der Waals surface area contributed by atoms with Crippen LogP contribution in [0.1, 0.15) is 11.1 Å². The number of carbonyl (C=O) groups excluding carboxylic acids is 1. The Morgan fingerprint density at radius 3 is 2.87 bits per heavy atom. The van der Waals surface area contributed by atoms with Crippen molar-refractivity contribution >= 4 is 5.97 Å². The van der Waals surface area contributed by atoms with Gasteiger partial charge in [0.1, 0.15) is 0 Å². The zero-order valence-electron chi connectivity index (χ0n) is 8.62. The van der Waals surface area contributed by atoms with Crippen LogP contribution >= 0.6 is 0 Å². The second-order valence-corrected chi connectivity index (χ2v) is 2.94. The first-order valence-corrected chi connectivity index (χ1v) is 4.66. The molecule has 0 unspecified atom stereocenters. The maximum atomic E-state index is 10.8. The van der Waals surface area contributed by atoms with Crippen molar-refractivity contribution in [2.75, 3.05) is 13.7 Å². The number of methoxy groups -OCH3 is 1. The van der Waals surface area contributed by atoms with Crippen molar-refractivity contribution in [2.45, 2.75) is 6.42 Å². The van der Waals surface area contributed by atoms with E-state index in [1.807, 2.05) is 24.3 Å².